The Kier molecular flexibility index (Phi) is 7.16. The topological polar surface area (TPSA) is 85.4 Å². The number of aromatic nitrogens is 2. The van der Waals surface area contributed by atoms with Crippen LogP contribution in [0.1, 0.15) is 21.6 Å². The molecule has 0 aliphatic heterocycles. The third-order valence-electron chi connectivity index (χ3n) is 5.34. The first-order valence-corrected chi connectivity index (χ1v) is 10.9. The Hall–Kier alpha value is -4.05. The van der Waals surface area contributed by atoms with Crippen LogP contribution in [-0.4, -0.2) is 30.1 Å². The van der Waals surface area contributed by atoms with Crippen LogP contribution in [0, 0.1) is 0 Å². The van der Waals surface area contributed by atoms with Crippen LogP contribution in [0.5, 0.6) is 11.5 Å². The first-order valence-electron chi connectivity index (χ1n) is 10.6. The summed E-state index contributed by atoms with van der Waals surface area (Å²) < 4.78 is 50.0. The van der Waals surface area contributed by atoms with Gasteiger partial charge in [-0.15, -0.1) is 0 Å². The number of hydrogen-bond acceptors (Lipinski definition) is 6. The van der Waals surface area contributed by atoms with Gasteiger partial charge in [-0.05, 0) is 42.5 Å². The Morgan fingerprint density at radius 1 is 0.972 bits per heavy atom. The lowest BCUT2D eigenvalue weighted by Crippen LogP contribution is -2.14. The second kappa shape index (κ2) is 10.3. The minimum absolute atomic E-state index is 0.0214. The van der Waals surface area contributed by atoms with Crippen LogP contribution in [0.4, 0.5) is 24.5 Å². The van der Waals surface area contributed by atoms with Crippen LogP contribution >= 0.6 is 11.6 Å². The SMILES string of the molecule is COc1cc2ncnc(CNc3cccc(C(=O)Nc4ccc(Cl)c(C(F)(F)F)c4)c3)c2cc1OC. The quantitative estimate of drug-likeness (QED) is 0.305. The number of nitrogens with zero attached hydrogens (tertiary/aromatic N) is 2. The molecule has 0 unspecified atom stereocenters. The average Bonchev–Trinajstić information content (AvgIpc) is 2.87. The number of ether oxygens (including phenoxy) is 2. The van der Waals surface area contributed by atoms with Gasteiger partial charge in [0, 0.05) is 28.4 Å². The van der Waals surface area contributed by atoms with Gasteiger partial charge < -0.3 is 20.1 Å². The predicted molar refractivity (Wildman–Crippen MR) is 131 cm³/mol. The maximum Gasteiger partial charge on any atom is 0.417 e. The zero-order valence-corrected chi connectivity index (χ0v) is 19.9. The smallest absolute Gasteiger partial charge is 0.417 e. The van der Waals surface area contributed by atoms with E-state index in [9.17, 15) is 18.0 Å². The summed E-state index contributed by atoms with van der Waals surface area (Å²) in [6.07, 6.45) is -3.20. The number of nitrogens with one attached hydrogen (secondary N) is 2. The van der Waals surface area contributed by atoms with Gasteiger partial charge in [0.25, 0.3) is 5.91 Å². The number of carbonyl (C=O) groups excluding carboxylic acids is 1. The van der Waals surface area contributed by atoms with Crippen LogP contribution < -0.4 is 20.1 Å². The molecule has 2 N–H and O–H groups in total. The zero-order valence-electron chi connectivity index (χ0n) is 19.1. The normalized spacial score (nSPS) is 11.3. The Morgan fingerprint density at radius 3 is 2.44 bits per heavy atom. The molecule has 1 heterocycles. The van der Waals surface area contributed by atoms with E-state index in [0.29, 0.717) is 34.9 Å². The van der Waals surface area contributed by atoms with Crippen molar-refractivity contribution in [2.24, 2.45) is 0 Å². The molecule has 0 bridgehead atoms. The fraction of sp³-hybridized carbons (Fsp3) is 0.160. The molecule has 0 saturated heterocycles. The highest BCUT2D eigenvalue weighted by molar-refractivity contribution is 6.31. The zero-order chi connectivity index (χ0) is 25.9. The van der Waals surface area contributed by atoms with Gasteiger partial charge in [0.1, 0.15) is 6.33 Å². The molecule has 186 valence electrons. The van der Waals surface area contributed by atoms with Gasteiger partial charge in [0.2, 0.25) is 0 Å². The molecule has 0 aliphatic rings. The highest BCUT2D eigenvalue weighted by Crippen LogP contribution is 2.36. The number of halogens is 4. The van der Waals surface area contributed by atoms with E-state index >= 15 is 0 Å². The number of benzene rings is 3. The van der Waals surface area contributed by atoms with Crippen LogP contribution in [0.3, 0.4) is 0 Å². The van der Waals surface area contributed by atoms with E-state index in [1.165, 1.54) is 19.5 Å². The summed E-state index contributed by atoms with van der Waals surface area (Å²) in [6, 6.07) is 13.3. The van der Waals surface area contributed by atoms with Crippen LogP contribution in [0.2, 0.25) is 5.02 Å². The van der Waals surface area contributed by atoms with Gasteiger partial charge in [0.05, 0.1) is 42.6 Å². The minimum Gasteiger partial charge on any atom is -0.493 e. The summed E-state index contributed by atoms with van der Waals surface area (Å²) in [7, 11) is 3.08. The Bertz CT molecular complexity index is 1430. The van der Waals surface area contributed by atoms with Crippen LogP contribution in [0.15, 0.2) is 60.9 Å². The summed E-state index contributed by atoms with van der Waals surface area (Å²) in [5.41, 5.74) is 1.19. The number of methoxy groups -OCH3 is 2. The molecule has 0 atom stereocenters. The van der Waals surface area contributed by atoms with E-state index in [-0.39, 0.29) is 11.3 Å². The summed E-state index contributed by atoms with van der Waals surface area (Å²) in [4.78, 5) is 21.3. The van der Waals surface area contributed by atoms with Gasteiger partial charge in [-0.1, -0.05) is 17.7 Å². The predicted octanol–water partition coefficient (Wildman–Crippen LogP) is 6.18. The summed E-state index contributed by atoms with van der Waals surface area (Å²) in [6.45, 7) is 0.311. The molecule has 0 saturated carbocycles. The molecule has 11 heteroatoms. The highest BCUT2D eigenvalue weighted by Gasteiger charge is 2.33. The monoisotopic (exact) mass is 516 g/mol. The van der Waals surface area contributed by atoms with Crippen molar-refractivity contribution in [1.29, 1.82) is 0 Å². The van der Waals surface area contributed by atoms with E-state index in [1.807, 2.05) is 0 Å². The van der Waals surface area contributed by atoms with E-state index in [2.05, 4.69) is 20.6 Å². The van der Waals surface area contributed by atoms with Crippen molar-refractivity contribution in [3.05, 3.63) is 82.8 Å². The van der Waals surface area contributed by atoms with E-state index in [4.69, 9.17) is 21.1 Å². The summed E-state index contributed by atoms with van der Waals surface area (Å²) >= 11 is 5.65. The van der Waals surface area contributed by atoms with Crippen LogP contribution in [0.25, 0.3) is 10.9 Å². The minimum atomic E-state index is -4.64. The number of fused-ring (bicyclic) bond motifs is 1. The fourth-order valence-corrected chi connectivity index (χ4v) is 3.78. The Labute approximate surface area is 209 Å². The van der Waals surface area contributed by atoms with E-state index in [0.717, 1.165) is 17.5 Å². The third kappa shape index (κ3) is 5.44. The molecule has 0 radical (unpaired) electrons. The van der Waals surface area contributed by atoms with Gasteiger partial charge in [-0.25, -0.2) is 9.97 Å². The van der Waals surface area contributed by atoms with Gasteiger partial charge in [-0.3, -0.25) is 4.79 Å². The number of carbonyl (C=O) groups is 1. The molecular formula is C25H20ClF3N4O3. The molecule has 7 nitrogen and oxygen atoms in total. The molecular weight excluding hydrogens is 497 g/mol. The van der Waals surface area contributed by atoms with Crippen LogP contribution in [-0.2, 0) is 12.7 Å². The average molecular weight is 517 g/mol. The third-order valence-corrected chi connectivity index (χ3v) is 5.67. The number of amides is 1. The number of hydrogen-bond donors (Lipinski definition) is 2. The lowest BCUT2D eigenvalue weighted by atomic mass is 10.1. The van der Waals surface area contributed by atoms with Crippen molar-refractivity contribution < 1.29 is 27.4 Å². The lowest BCUT2D eigenvalue weighted by molar-refractivity contribution is -0.137. The number of rotatable bonds is 7. The Balaban J connectivity index is 1.51. The molecule has 0 fully saturated rings. The number of anilines is 2. The summed E-state index contributed by atoms with van der Waals surface area (Å²) in [5.74, 6) is 0.512. The van der Waals surface area contributed by atoms with E-state index in [1.54, 1.807) is 43.5 Å². The summed E-state index contributed by atoms with van der Waals surface area (Å²) in [5, 5.41) is 6.00. The first-order chi connectivity index (χ1) is 17.2. The second-order valence-electron chi connectivity index (χ2n) is 7.63. The molecule has 36 heavy (non-hydrogen) atoms. The largest absolute Gasteiger partial charge is 0.493 e. The molecule has 1 amide bonds. The molecule has 4 aromatic rings. The molecule has 3 aromatic carbocycles. The molecule has 0 spiro atoms. The highest BCUT2D eigenvalue weighted by atomic mass is 35.5. The van der Waals surface area contributed by atoms with Crippen molar-refractivity contribution in [2.75, 3.05) is 24.9 Å². The van der Waals surface area contributed by atoms with Crippen molar-refractivity contribution in [1.82, 2.24) is 9.97 Å². The number of alkyl halides is 3. The maximum absolute atomic E-state index is 13.1. The van der Waals surface area contributed by atoms with E-state index < -0.39 is 22.7 Å². The van der Waals surface area contributed by atoms with Crippen molar-refractivity contribution >= 4 is 39.8 Å². The molecule has 4 rings (SSSR count). The fourth-order valence-electron chi connectivity index (χ4n) is 3.56. The van der Waals surface area contributed by atoms with Gasteiger partial charge in [-0.2, -0.15) is 13.2 Å². The first kappa shape index (κ1) is 25.1. The van der Waals surface area contributed by atoms with Crippen molar-refractivity contribution in [3.63, 3.8) is 0 Å². The van der Waals surface area contributed by atoms with Gasteiger partial charge >= 0.3 is 6.18 Å². The molecule has 1 aromatic heterocycles. The second-order valence-corrected chi connectivity index (χ2v) is 8.03. The Morgan fingerprint density at radius 2 is 1.72 bits per heavy atom. The standard InChI is InChI=1S/C25H20ClF3N4O3/c1-35-22-10-17-20(11-23(22)36-2)31-13-32-21(17)12-30-15-5-3-4-14(8-15)24(34)33-16-6-7-19(26)18(9-16)25(27,28)29/h3-11,13,30H,12H2,1-2H3,(H,33,34). The molecule has 0 aliphatic carbocycles. The van der Waals surface area contributed by atoms with Gasteiger partial charge in [0.15, 0.2) is 11.5 Å². The lowest BCUT2D eigenvalue weighted by Gasteiger charge is -2.13. The van der Waals surface area contributed by atoms with Crippen molar-refractivity contribution in [3.8, 4) is 11.5 Å². The van der Waals surface area contributed by atoms with Crippen molar-refractivity contribution in [2.45, 2.75) is 12.7 Å². The maximum atomic E-state index is 13.1.